The Morgan fingerprint density at radius 3 is 1.92 bits per heavy atom. The SMILES string of the molecule is Cc1ccc(-n2nc(-c3ccccc3F)cc2-c2ccccc2F)cc1. The maximum atomic E-state index is 14.4. The Morgan fingerprint density at radius 1 is 0.731 bits per heavy atom. The van der Waals surface area contributed by atoms with Crippen LogP contribution < -0.4 is 0 Å². The zero-order valence-corrected chi connectivity index (χ0v) is 14.2. The molecule has 2 nitrogen and oxygen atoms in total. The largest absolute Gasteiger partial charge is 0.232 e. The van der Waals surface area contributed by atoms with E-state index in [-0.39, 0.29) is 11.6 Å². The molecule has 0 N–H and O–H groups in total. The lowest BCUT2D eigenvalue weighted by molar-refractivity contribution is 0.629. The molecule has 0 unspecified atom stereocenters. The van der Waals surface area contributed by atoms with Gasteiger partial charge in [0, 0.05) is 11.1 Å². The normalized spacial score (nSPS) is 10.9. The average Bonchev–Trinajstić information content (AvgIpc) is 3.08. The molecule has 0 aliphatic heterocycles. The maximum absolute atomic E-state index is 14.4. The molecule has 0 radical (unpaired) electrons. The highest BCUT2D eigenvalue weighted by Gasteiger charge is 2.17. The Labute approximate surface area is 150 Å². The molecular formula is C22H16F2N2. The van der Waals surface area contributed by atoms with E-state index >= 15 is 0 Å². The second kappa shape index (κ2) is 6.56. The third kappa shape index (κ3) is 2.90. The summed E-state index contributed by atoms with van der Waals surface area (Å²) in [6, 6.07) is 22.4. The summed E-state index contributed by atoms with van der Waals surface area (Å²) in [4.78, 5) is 0. The lowest BCUT2D eigenvalue weighted by Gasteiger charge is -2.08. The highest BCUT2D eigenvalue weighted by atomic mass is 19.1. The molecule has 128 valence electrons. The lowest BCUT2D eigenvalue weighted by atomic mass is 10.1. The Kier molecular flexibility index (Phi) is 4.09. The summed E-state index contributed by atoms with van der Waals surface area (Å²) in [5, 5.41) is 4.57. The first kappa shape index (κ1) is 16.2. The third-order valence-corrected chi connectivity index (χ3v) is 4.29. The van der Waals surface area contributed by atoms with Gasteiger partial charge in [-0.15, -0.1) is 0 Å². The van der Waals surface area contributed by atoms with Crippen molar-refractivity contribution in [2.75, 3.05) is 0 Å². The fourth-order valence-electron chi connectivity index (χ4n) is 2.93. The topological polar surface area (TPSA) is 17.8 Å². The van der Waals surface area contributed by atoms with Crippen LogP contribution in [0.3, 0.4) is 0 Å². The number of hydrogen-bond donors (Lipinski definition) is 0. The van der Waals surface area contributed by atoms with Crippen LogP contribution >= 0.6 is 0 Å². The van der Waals surface area contributed by atoms with Crippen LogP contribution in [0.4, 0.5) is 8.78 Å². The van der Waals surface area contributed by atoms with Gasteiger partial charge in [0.25, 0.3) is 0 Å². The van der Waals surface area contributed by atoms with Gasteiger partial charge in [0.1, 0.15) is 11.6 Å². The summed E-state index contributed by atoms with van der Waals surface area (Å²) in [7, 11) is 0. The smallest absolute Gasteiger partial charge is 0.132 e. The summed E-state index contributed by atoms with van der Waals surface area (Å²) in [6.45, 7) is 2.00. The molecule has 0 atom stereocenters. The van der Waals surface area contributed by atoms with Gasteiger partial charge in [-0.1, -0.05) is 42.0 Å². The summed E-state index contributed by atoms with van der Waals surface area (Å²) in [6.07, 6.45) is 0. The standard InChI is InChI=1S/C22H16F2N2/c1-15-10-12-16(13-11-15)26-22(18-7-3-5-9-20(18)24)14-21(25-26)17-6-2-4-8-19(17)23/h2-14H,1H3. The van der Waals surface area contributed by atoms with Gasteiger partial charge in [-0.25, -0.2) is 13.5 Å². The molecule has 0 spiro atoms. The molecule has 0 saturated carbocycles. The molecule has 4 aromatic rings. The predicted octanol–water partition coefficient (Wildman–Crippen LogP) is 5.79. The summed E-state index contributed by atoms with van der Waals surface area (Å²) in [5.74, 6) is -0.706. The Balaban J connectivity index is 1.95. The first-order chi connectivity index (χ1) is 12.6. The number of aryl methyl sites for hydroxylation is 1. The fraction of sp³-hybridized carbons (Fsp3) is 0.0455. The quantitative estimate of drug-likeness (QED) is 0.459. The van der Waals surface area contributed by atoms with E-state index in [9.17, 15) is 8.78 Å². The van der Waals surface area contributed by atoms with Crippen LogP contribution in [-0.4, -0.2) is 9.78 Å². The van der Waals surface area contributed by atoms with E-state index in [1.807, 2.05) is 31.2 Å². The summed E-state index contributed by atoms with van der Waals surface area (Å²) >= 11 is 0. The molecule has 3 aromatic carbocycles. The molecule has 0 fully saturated rings. The van der Waals surface area contributed by atoms with Crippen molar-refractivity contribution >= 4 is 0 Å². The second-order valence-corrected chi connectivity index (χ2v) is 6.12. The van der Waals surface area contributed by atoms with Gasteiger partial charge >= 0.3 is 0 Å². The molecule has 0 saturated heterocycles. The van der Waals surface area contributed by atoms with Crippen molar-refractivity contribution in [3.05, 3.63) is 96.1 Å². The molecular weight excluding hydrogens is 330 g/mol. The number of benzene rings is 3. The van der Waals surface area contributed by atoms with E-state index in [2.05, 4.69) is 5.10 Å². The van der Waals surface area contributed by atoms with Crippen molar-refractivity contribution in [1.82, 2.24) is 9.78 Å². The van der Waals surface area contributed by atoms with E-state index in [1.165, 1.54) is 12.1 Å². The molecule has 1 aromatic heterocycles. The van der Waals surface area contributed by atoms with Gasteiger partial charge in [-0.2, -0.15) is 5.10 Å². The van der Waals surface area contributed by atoms with E-state index in [1.54, 1.807) is 47.1 Å². The van der Waals surface area contributed by atoms with Crippen LogP contribution in [0.2, 0.25) is 0 Å². The minimum absolute atomic E-state index is 0.346. The zero-order valence-electron chi connectivity index (χ0n) is 14.2. The summed E-state index contributed by atoms with van der Waals surface area (Å²) < 4.78 is 30.3. The van der Waals surface area contributed by atoms with Gasteiger partial charge in [-0.3, -0.25) is 0 Å². The van der Waals surface area contributed by atoms with Gasteiger partial charge in [0.15, 0.2) is 0 Å². The Morgan fingerprint density at radius 2 is 1.31 bits per heavy atom. The van der Waals surface area contributed by atoms with Crippen LogP contribution in [0.1, 0.15) is 5.56 Å². The first-order valence-electron chi connectivity index (χ1n) is 8.30. The number of aromatic nitrogens is 2. The van der Waals surface area contributed by atoms with E-state index < -0.39 is 0 Å². The minimum Gasteiger partial charge on any atom is -0.232 e. The predicted molar refractivity (Wildman–Crippen MR) is 99.1 cm³/mol. The van der Waals surface area contributed by atoms with Crippen molar-refractivity contribution < 1.29 is 8.78 Å². The van der Waals surface area contributed by atoms with E-state index in [0.717, 1.165) is 11.3 Å². The third-order valence-electron chi connectivity index (χ3n) is 4.29. The highest BCUT2D eigenvalue weighted by molar-refractivity contribution is 5.71. The fourth-order valence-corrected chi connectivity index (χ4v) is 2.93. The molecule has 0 aliphatic carbocycles. The van der Waals surface area contributed by atoms with Crippen LogP contribution in [0, 0.1) is 18.6 Å². The summed E-state index contributed by atoms with van der Waals surface area (Å²) in [5.41, 5.74) is 3.74. The molecule has 4 heteroatoms. The average molecular weight is 346 g/mol. The van der Waals surface area contributed by atoms with Gasteiger partial charge in [0.2, 0.25) is 0 Å². The van der Waals surface area contributed by atoms with Crippen LogP contribution in [-0.2, 0) is 0 Å². The van der Waals surface area contributed by atoms with Crippen molar-refractivity contribution in [2.45, 2.75) is 6.92 Å². The molecule has 0 amide bonds. The Bertz CT molecular complexity index is 1070. The molecule has 4 rings (SSSR count). The van der Waals surface area contributed by atoms with Crippen molar-refractivity contribution in [3.8, 4) is 28.2 Å². The van der Waals surface area contributed by atoms with Crippen LogP contribution in [0.15, 0.2) is 78.9 Å². The molecule has 1 heterocycles. The van der Waals surface area contributed by atoms with Crippen molar-refractivity contribution in [1.29, 1.82) is 0 Å². The highest BCUT2D eigenvalue weighted by Crippen LogP contribution is 2.31. The first-order valence-corrected chi connectivity index (χ1v) is 8.30. The van der Waals surface area contributed by atoms with E-state index in [0.29, 0.717) is 22.5 Å². The van der Waals surface area contributed by atoms with Gasteiger partial charge in [0.05, 0.1) is 17.1 Å². The van der Waals surface area contributed by atoms with Crippen molar-refractivity contribution in [3.63, 3.8) is 0 Å². The molecule has 0 bridgehead atoms. The zero-order chi connectivity index (χ0) is 18.1. The van der Waals surface area contributed by atoms with Crippen LogP contribution in [0.25, 0.3) is 28.2 Å². The Hall–Kier alpha value is -3.27. The number of rotatable bonds is 3. The number of nitrogens with zero attached hydrogens (tertiary/aromatic N) is 2. The maximum Gasteiger partial charge on any atom is 0.132 e. The number of hydrogen-bond acceptors (Lipinski definition) is 1. The van der Waals surface area contributed by atoms with Crippen LogP contribution in [0.5, 0.6) is 0 Å². The van der Waals surface area contributed by atoms with Gasteiger partial charge < -0.3 is 0 Å². The molecule has 0 aliphatic rings. The second-order valence-electron chi connectivity index (χ2n) is 6.12. The molecule has 26 heavy (non-hydrogen) atoms. The number of halogens is 2. The monoisotopic (exact) mass is 346 g/mol. The van der Waals surface area contributed by atoms with Crippen molar-refractivity contribution in [2.24, 2.45) is 0 Å². The minimum atomic E-state index is -0.360. The van der Waals surface area contributed by atoms with E-state index in [4.69, 9.17) is 0 Å². The lowest BCUT2D eigenvalue weighted by Crippen LogP contribution is -2.00. The van der Waals surface area contributed by atoms with Gasteiger partial charge in [-0.05, 0) is 49.4 Å².